The molecule has 0 aliphatic carbocycles. The zero-order valence-electron chi connectivity index (χ0n) is 17.0. The van der Waals surface area contributed by atoms with Crippen molar-refractivity contribution in [3.05, 3.63) is 53.6 Å². The number of rotatable bonds is 5. The maximum absolute atomic E-state index is 12.1. The Hall–Kier alpha value is -2.73. The number of nitrogens with one attached hydrogen (secondary N) is 1. The molecule has 1 N–H and O–H groups in total. The van der Waals surface area contributed by atoms with Crippen molar-refractivity contribution in [3.63, 3.8) is 0 Å². The van der Waals surface area contributed by atoms with Crippen LogP contribution >= 0.6 is 11.6 Å². The van der Waals surface area contributed by atoms with Gasteiger partial charge in [0.05, 0.1) is 11.3 Å². The van der Waals surface area contributed by atoms with E-state index in [-0.39, 0.29) is 16.9 Å². The third kappa shape index (κ3) is 4.49. The molecule has 3 aromatic rings. The normalized spacial score (nSPS) is 15.6. The summed E-state index contributed by atoms with van der Waals surface area (Å²) in [6, 6.07) is 9.95. The molecule has 1 saturated heterocycles. The summed E-state index contributed by atoms with van der Waals surface area (Å²) < 4.78 is 25.8. The summed E-state index contributed by atoms with van der Waals surface area (Å²) in [5.41, 5.74) is 2.96. The van der Waals surface area contributed by atoms with E-state index in [1.165, 1.54) is 0 Å². The van der Waals surface area contributed by atoms with Gasteiger partial charge >= 0.3 is 0 Å². The van der Waals surface area contributed by atoms with Crippen molar-refractivity contribution >= 4 is 38.1 Å². The van der Waals surface area contributed by atoms with Gasteiger partial charge in [0.25, 0.3) is 0 Å². The zero-order valence-corrected chi connectivity index (χ0v) is 18.6. The minimum Gasteiger partial charge on any atom is -0.382 e. The molecular weight excluding hydrogens is 434 g/mol. The fraction of sp³-hybridized carbons (Fsp3) is 0.318. The Morgan fingerprint density at radius 3 is 2.71 bits per heavy atom. The van der Waals surface area contributed by atoms with Crippen molar-refractivity contribution in [1.29, 1.82) is 5.26 Å². The lowest BCUT2D eigenvalue weighted by Crippen LogP contribution is -2.42. The van der Waals surface area contributed by atoms with E-state index in [1.807, 2.05) is 24.4 Å². The van der Waals surface area contributed by atoms with Crippen LogP contribution in [0.1, 0.15) is 25.3 Å². The molecule has 3 heterocycles. The van der Waals surface area contributed by atoms with Crippen molar-refractivity contribution in [1.82, 2.24) is 14.3 Å². The number of nitrogens with zero attached hydrogens (tertiary/aromatic N) is 4. The first-order chi connectivity index (χ1) is 14.9. The first kappa shape index (κ1) is 21.5. The van der Waals surface area contributed by atoms with E-state index in [0.717, 1.165) is 40.4 Å². The Morgan fingerprint density at radius 1 is 1.23 bits per heavy atom. The fourth-order valence-electron chi connectivity index (χ4n) is 3.85. The number of fused-ring (bicyclic) bond motifs is 1. The number of aromatic nitrogens is 2. The molecule has 9 heteroatoms. The van der Waals surface area contributed by atoms with Gasteiger partial charge in [0.2, 0.25) is 10.0 Å². The number of nitriles is 1. The molecule has 2 aromatic heterocycles. The van der Waals surface area contributed by atoms with Crippen LogP contribution in [0.4, 0.5) is 5.69 Å². The number of anilines is 1. The molecule has 1 fully saturated rings. The third-order valence-corrected chi connectivity index (χ3v) is 7.80. The average Bonchev–Trinajstić information content (AvgIpc) is 2.79. The van der Waals surface area contributed by atoms with Crippen LogP contribution in [0.25, 0.3) is 21.9 Å². The van der Waals surface area contributed by atoms with E-state index < -0.39 is 10.0 Å². The predicted molar refractivity (Wildman–Crippen MR) is 122 cm³/mol. The van der Waals surface area contributed by atoms with Gasteiger partial charge in [0, 0.05) is 54.4 Å². The summed E-state index contributed by atoms with van der Waals surface area (Å²) >= 11 is 5.99. The molecule has 31 heavy (non-hydrogen) atoms. The number of piperidine rings is 1. The molecule has 0 radical (unpaired) electrons. The molecule has 0 amide bonds. The lowest BCUT2D eigenvalue weighted by atomic mass is 9.99. The van der Waals surface area contributed by atoms with Crippen LogP contribution in [-0.4, -0.2) is 47.6 Å². The number of sulfonamides is 1. The standard InChI is InChI=1S/C22H22ClN5O2S/c1-2-31(29,30)28-7-4-19(5-8-28)27-21-11-16(9-15-3-6-25-14-20(15)21)18-10-17(12-24)22(23)26-13-18/h3,6,9-11,13-14,19,27H,2,4-5,7-8H2,1H3. The highest BCUT2D eigenvalue weighted by molar-refractivity contribution is 7.89. The minimum atomic E-state index is -3.15. The summed E-state index contributed by atoms with van der Waals surface area (Å²) in [6.45, 7) is 2.69. The Kier molecular flexibility index (Phi) is 6.10. The molecule has 0 bridgehead atoms. The van der Waals surface area contributed by atoms with Crippen molar-refractivity contribution in [2.45, 2.75) is 25.8 Å². The Balaban J connectivity index is 1.65. The number of pyridine rings is 2. The zero-order chi connectivity index (χ0) is 22.0. The second-order valence-corrected chi connectivity index (χ2v) is 10.1. The van der Waals surface area contributed by atoms with Crippen LogP contribution in [0.2, 0.25) is 5.15 Å². The first-order valence-corrected chi connectivity index (χ1v) is 12.1. The fourth-order valence-corrected chi connectivity index (χ4v) is 5.13. The largest absolute Gasteiger partial charge is 0.382 e. The van der Waals surface area contributed by atoms with E-state index in [0.29, 0.717) is 18.7 Å². The van der Waals surface area contributed by atoms with Crippen LogP contribution in [0.3, 0.4) is 0 Å². The number of halogens is 1. The number of benzene rings is 1. The van der Waals surface area contributed by atoms with Gasteiger partial charge in [-0.2, -0.15) is 5.26 Å². The van der Waals surface area contributed by atoms with E-state index in [2.05, 4.69) is 21.4 Å². The highest BCUT2D eigenvalue weighted by atomic mass is 35.5. The van der Waals surface area contributed by atoms with Crippen molar-refractivity contribution < 1.29 is 8.42 Å². The van der Waals surface area contributed by atoms with E-state index in [9.17, 15) is 13.7 Å². The second kappa shape index (κ2) is 8.79. The summed E-state index contributed by atoms with van der Waals surface area (Å²) in [4.78, 5) is 8.40. The summed E-state index contributed by atoms with van der Waals surface area (Å²) in [5.74, 6) is 0.128. The predicted octanol–water partition coefficient (Wildman–Crippen LogP) is 4.05. The van der Waals surface area contributed by atoms with Gasteiger partial charge in [-0.25, -0.2) is 17.7 Å². The van der Waals surface area contributed by atoms with Gasteiger partial charge in [0.15, 0.2) is 0 Å². The summed E-state index contributed by atoms with van der Waals surface area (Å²) in [5, 5.41) is 15.1. The molecule has 7 nitrogen and oxygen atoms in total. The topological polar surface area (TPSA) is 99.0 Å². The van der Waals surface area contributed by atoms with Gasteiger partial charge in [-0.3, -0.25) is 4.98 Å². The molecule has 160 valence electrons. The van der Waals surface area contributed by atoms with Gasteiger partial charge in [-0.15, -0.1) is 0 Å². The van der Waals surface area contributed by atoms with Crippen molar-refractivity contribution in [3.8, 4) is 17.2 Å². The summed E-state index contributed by atoms with van der Waals surface area (Å²) in [6.07, 6.45) is 6.67. The van der Waals surface area contributed by atoms with Gasteiger partial charge < -0.3 is 5.32 Å². The van der Waals surface area contributed by atoms with Crippen LogP contribution in [-0.2, 0) is 10.0 Å². The number of hydrogen-bond acceptors (Lipinski definition) is 6. The molecule has 1 aromatic carbocycles. The molecule has 0 spiro atoms. The summed E-state index contributed by atoms with van der Waals surface area (Å²) in [7, 11) is -3.15. The lowest BCUT2D eigenvalue weighted by molar-refractivity contribution is 0.330. The smallest absolute Gasteiger partial charge is 0.213 e. The Morgan fingerprint density at radius 2 is 2.00 bits per heavy atom. The highest BCUT2D eigenvalue weighted by Gasteiger charge is 2.27. The second-order valence-electron chi connectivity index (χ2n) is 7.51. The average molecular weight is 456 g/mol. The quantitative estimate of drug-likeness (QED) is 0.582. The van der Waals surface area contributed by atoms with Crippen LogP contribution in [0, 0.1) is 11.3 Å². The first-order valence-electron chi connectivity index (χ1n) is 10.1. The van der Waals surface area contributed by atoms with Crippen LogP contribution in [0.15, 0.2) is 42.9 Å². The minimum absolute atomic E-state index is 0.128. The van der Waals surface area contributed by atoms with Gasteiger partial charge in [0.1, 0.15) is 11.2 Å². The maximum atomic E-state index is 12.1. The lowest BCUT2D eigenvalue weighted by Gasteiger charge is -2.32. The molecule has 4 rings (SSSR count). The Bertz CT molecular complexity index is 1260. The molecule has 0 atom stereocenters. The van der Waals surface area contributed by atoms with Crippen LogP contribution in [0.5, 0.6) is 0 Å². The van der Waals surface area contributed by atoms with Gasteiger partial charge in [-0.05, 0) is 55.0 Å². The third-order valence-electron chi connectivity index (χ3n) is 5.62. The molecule has 1 aliphatic heterocycles. The van der Waals surface area contributed by atoms with Crippen LogP contribution < -0.4 is 5.32 Å². The monoisotopic (exact) mass is 455 g/mol. The van der Waals surface area contributed by atoms with E-state index in [1.54, 1.807) is 29.7 Å². The SMILES string of the molecule is CCS(=O)(=O)N1CCC(Nc2cc(-c3cnc(Cl)c(C#N)c3)cc3ccncc23)CC1. The van der Waals surface area contributed by atoms with E-state index >= 15 is 0 Å². The highest BCUT2D eigenvalue weighted by Crippen LogP contribution is 2.33. The van der Waals surface area contributed by atoms with E-state index in [4.69, 9.17) is 11.6 Å². The van der Waals surface area contributed by atoms with Gasteiger partial charge in [-0.1, -0.05) is 11.6 Å². The molecular formula is C22H22ClN5O2S. The van der Waals surface area contributed by atoms with Crippen molar-refractivity contribution in [2.75, 3.05) is 24.2 Å². The van der Waals surface area contributed by atoms with Crippen molar-refractivity contribution in [2.24, 2.45) is 0 Å². The Labute approximate surface area is 186 Å². The number of hydrogen-bond donors (Lipinski definition) is 1. The molecule has 0 saturated carbocycles. The maximum Gasteiger partial charge on any atom is 0.213 e. The molecule has 0 unspecified atom stereocenters. The molecule has 1 aliphatic rings.